The maximum Gasteiger partial charge on any atom is 0.321 e. The van der Waals surface area contributed by atoms with Crippen LogP contribution in [0, 0.1) is 5.82 Å². The molecule has 2 N–H and O–H groups in total. The lowest BCUT2D eigenvalue weighted by Crippen LogP contribution is -2.16. The van der Waals surface area contributed by atoms with Gasteiger partial charge in [0.05, 0.1) is 24.1 Å². The van der Waals surface area contributed by atoms with Crippen LogP contribution in [0.3, 0.4) is 0 Å². The van der Waals surface area contributed by atoms with E-state index in [4.69, 9.17) is 25.8 Å². The smallest absolute Gasteiger partial charge is 0.321 e. The van der Waals surface area contributed by atoms with E-state index < -0.39 is 21.7 Å². The molecule has 0 unspecified atom stereocenters. The summed E-state index contributed by atoms with van der Waals surface area (Å²) >= 11 is 5.73. The Kier molecular flexibility index (Phi) is 7.93. The number of aromatic nitrogens is 4. The number of sulfonamides is 1. The molecule has 0 spiro atoms. The second kappa shape index (κ2) is 11.3. The van der Waals surface area contributed by atoms with Crippen molar-refractivity contribution in [1.82, 2.24) is 19.7 Å². The predicted molar refractivity (Wildman–Crippen MR) is 135 cm³/mol. The zero-order valence-electron chi connectivity index (χ0n) is 19.9. The molecule has 0 saturated heterocycles. The van der Waals surface area contributed by atoms with Gasteiger partial charge in [0.2, 0.25) is 5.88 Å². The predicted octanol–water partition coefficient (Wildman–Crippen LogP) is 3.57. The monoisotopic (exact) mass is 562 g/mol. The summed E-state index contributed by atoms with van der Waals surface area (Å²) in [6.45, 7) is -0.0428. The average Bonchev–Trinajstić information content (AvgIpc) is 3.38. The molecule has 38 heavy (non-hydrogen) atoms. The quantitative estimate of drug-likeness (QED) is 0.296. The number of hydrogen-bond donors (Lipinski definition) is 2. The largest absolute Gasteiger partial charge is 0.481 e. The molecule has 0 radical (unpaired) electrons. The van der Waals surface area contributed by atoms with Crippen molar-refractivity contribution in [3.63, 3.8) is 0 Å². The summed E-state index contributed by atoms with van der Waals surface area (Å²) in [6, 6.07) is 12.1. The molecular formula is C23H20ClFN6O6S. The molecule has 0 aliphatic heterocycles. The van der Waals surface area contributed by atoms with Crippen LogP contribution in [0.1, 0.15) is 10.5 Å². The van der Waals surface area contributed by atoms with Crippen molar-refractivity contribution in [2.75, 3.05) is 24.3 Å². The molecular weight excluding hydrogens is 543 g/mol. The minimum Gasteiger partial charge on any atom is -0.481 e. The van der Waals surface area contributed by atoms with Crippen LogP contribution in [-0.2, 0) is 16.8 Å². The molecule has 2 aromatic carbocycles. The van der Waals surface area contributed by atoms with E-state index in [2.05, 4.69) is 25.1 Å². The van der Waals surface area contributed by atoms with Gasteiger partial charge >= 0.3 is 6.01 Å². The Morgan fingerprint density at radius 1 is 1.05 bits per heavy atom. The fraction of sp³-hybridized carbons (Fsp3) is 0.130. The highest BCUT2D eigenvalue weighted by Crippen LogP contribution is 2.23. The SMILES string of the molecule is COc1cc(NS(=O)(=O)c2ccc(NC(=O)c3ccn(COc4ccc(F)c(Cl)c4)n3)cc2)nc(OC)n1. The van der Waals surface area contributed by atoms with Gasteiger partial charge in [0.1, 0.15) is 11.6 Å². The van der Waals surface area contributed by atoms with Crippen molar-refractivity contribution in [1.29, 1.82) is 0 Å². The maximum absolute atomic E-state index is 13.3. The summed E-state index contributed by atoms with van der Waals surface area (Å²) in [6.07, 6.45) is 1.53. The zero-order chi connectivity index (χ0) is 27.3. The van der Waals surface area contributed by atoms with Gasteiger partial charge in [-0.05, 0) is 42.5 Å². The lowest BCUT2D eigenvalue weighted by molar-refractivity contribution is 0.102. The number of benzene rings is 2. The van der Waals surface area contributed by atoms with E-state index in [1.165, 1.54) is 79.7 Å². The normalized spacial score (nSPS) is 11.1. The van der Waals surface area contributed by atoms with Gasteiger partial charge < -0.3 is 19.5 Å². The highest BCUT2D eigenvalue weighted by molar-refractivity contribution is 7.92. The van der Waals surface area contributed by atoms with E-state index >= 15 is 0 Å². The molecule has 0 atom stereocenters. The number of nitrogens with one attached hydrogen (secondary N) is 2. The van der Waals surface area contributed by atoms with Crippen molar-refractivity contribution >= 4 is 39.0 Å². The summed E-state index contributed by atoms with van der Waals surface area (Å²) in [5, 5.41) is 6.68. The van der Waals surface area contributed by atoms with Crippen LogP contribution in [0.15, 0.2) is 65.7 Å². The van der Waals surface area contributed by atoms with Crippen molar-refractivity contribution in [3.05, 3.63) is 77.3 Å². The van der Waals surface area contributed by atoms with Crippen molar-refractivity contribution in [2.45, 2.75) is 11.6 Å². The molecule has 12 nitrogen and oxygen atoms in total. The van der Waals surface area contributed by atoms with E-state index in [-0.39, 0.29) is 40.1 Å². The second-order valence-electron chi connectivity index (χ2n) is 7.46. The maximum atomic E-state index is 13.3. The third-order valence-corrected chi connectivity index (χ3v) is 6.52. The Bertz CT molecular complexity index is 1540. The van der Waals surface area contributed by atoms with E-state index in [9.17, 15) is 17.6 Å². The number of halogens is 2. The van der Waals surface area contributed by atoms with Gasteiger partial charge in [-0.3, -0.25) is 9.52 Å². The van der Waals surface area contributed by atoms with Gasteiger partial charge in [-0.1, -0.05) is 11.6 Å². The summed E-state index contributed by atoms with van der Waals surface area (Å²) in [7, 11) is -1.31. The van der Waals surface area contributed by atoms with Crippen LogP contribution in [0.2, 0.25) is 5.02 Å². The molecule has 2 heterocycles. The lowest BCUT2D eigenvalue weighted by Gasteiger charge is -2.10. The molecule has 1 amide bonds. The minimum atomic E-state index is -4.01. The molecule has 15 heteroatoms. The van der Waals surface area contributed by atoms with E-state index in [1.54, 1.807) is 0 Å². The molecule has 0 aliphatic carbocycles. The Morgan fingerprint density at radius 2 is 1.82 bits per heavy atom. The Labute approximate surface area is 221 Å². The first-order chi connectivity index (χ1) is 18.2. The minimum absolute atomic E-state index is 0.0428. The highest BCUT2D eigenvalue weighted by Gasteiger charge is 2.18. The fourth-order valence-electron chi connectivity index (χ4n) is 3.02. The van der Waals surface area contributed by atoms with E-state index in [0.717, 1.165) is 0 Å². The van der Waals surface area contributed by atoms with Crippen molar-refractivity contribution < 1.29 is 31.8 Å². The Balaban J connectivity index is 1.37. The number of hydrogen-bond acceptors (Lipinski definition) is 9. The van der Waals surface area contributed by atoms with Crippen LogP contribution in [0.4, 0.5) is 15.9 Å². The molecule has 0 aliphatic rings. The summed E-state index contributed by atoms with van der Waals surface area (Å²) in [5.41, 5.74) is 0.432. The number of ether oxygens (including phenoxy) is 3. The number of carbonyl (C=O) groups excluding carboxylic acids is 1. The number of carbonyl (C=O) groups is 1. The van der Waals surface area contributed by atoms with Gasteiger partial charge in [-0.25, -0.2) is 17.5 Å². The van der Waals surface area contributed by atoms with Gasteiger partial charge in [-0.15, -0.1) is 0 Å². The number of nitrogens with zero attached hydrogens (tertiary/aromatic N) is 4. The number of amides is 1. The van der Waals surface area contributed by atoms with E-state index in [1.807, 2.05) is 0 Å². The van der Waals surface area contributed by atoms with Gasteiger partial charge in [0.15, 0.2) is 18.2 Å². The van der Waals surface area contributed by atoms with Crippen molar-refractivity contribution in [2.24, 2.45) is 0 Å². The van der Waals surface area contributed by atoms with Crippen molar-refractivity contribution in [3.8, 4) is 17.6 Å². The first-order valence-electron chi connectivity index (χ1n) is 10.7. The van der Waals surface area contributed by atoms with E-state index in [0.29, 0.717) is 11.4 Å². The standard InChI is InChI=1S/C23H20ClFN6O6S/c1-35-21-12-20(27-23(28-21)36-2)30-38(33,34)16-6-3-14(4-7-16)26-22(32)19-9-10-31(29-19)13-37-15-5-8-18(25)17(24)11-15/h3-12H,13H2,1-2H3,(H,26,32)(H,27,28,30). The number of methoxy groups -OCH3 is 2. The molecule has 0 bridgehead atoms. The summed E-state index contributed by atoms with van der Waals surface area (Å²) in [5.74, 6) is -0.691. The molecule has 0 fully saturated rings. The van der Waals surface area contributed by atoms with Crippen LogP contribution in [-0.4, -0.2) is 48.3 Å². The van der Waals surface area contributed by atoms with Gasteiger partial charge in [0, 0.05) is 24.0 Å². The first kappa shape index (κ1) is 26.6. The highest BCUT2D eigenvalue weighted by atomic mass is 35.5. The van der Waals surface area contributed by atoms with Crippen LogP contribution in [0.25, 0.3) is 0 Å². The lowest BCUT2D eigenvalue weighted by atomic mass is 10.3. The summed E-state index contributed by atoms with van der Waals surface area (Å²) < 4.78 is 57.9. The molecule has 2 aromatic heterocycles. The number of rotatable bonds is 10. The topological polar surface area (TPSA) is 147 Å². The second-order valence-corrected chi connectivity index (χ2v) is 9.55. The summed E-state index contributed by atoms with van der Waals surface area (Å²) in [4.78, 5) is 20.3. The third-order valence-electron chi connectivity index (χ3n) is 4.86. The molecule has 0 saturated carbocycles. The Hall–Kier alpha value is -4.43. The van der Waals surface area contributed by atoms with Crippen LogP contribution >= 0.6 is 11.6 Å². The molecule has 198 valence electrons. The fourth-order valence-corrected chi connectivity index (χ4v) is 4.19. The third kappa shape index (κ3) is 6.46. The average molecular weight is 563 g/mol. The van der Waals surface area contributed by atoms with Crippen LogP contribution in [0.5, 0.6) is 17.6 Å². The van der Waals surface area contributed by atoms with Gasteiger partial charge in [0.25, 0.3) is 15.9 Å². The zero-order valence-corrected chi connectivity index (χ0v) is 21.5. The first-order valence-corrected chi connectivity index (χ1v) is 12.6. The van der Waals surface area contributed by atoms with Gasteiger partial charge in [-0.2, -0.15) is 15.1 Å². The number of anilines is 2. The Morgan fingerprint density at radius 3 is 2.50 bits per heavy atom. The molecule has 4 rings (SSSR count). The van der Waals surface area contributed by atoms with Crippen LogP contribution < -0.4 is 24.2 Å². The molecule has 4 aromatic rings.